The van der Waals surface area contributed by atoms with Crippen LogP contribution in [0.5, 0.6) is 0 Å². The molecular formula is C15H17Cl2N3O4. The lowest BCUT2D eigenvalue weighted by Crippen LogP contribution is -2.53. The molecule has 2 rings (SSSR count). The molecule has 7 nitrogen and oxygen atoms in total. The fourth-order valence-electron chi connectivity index (χ4n) is 2.34. The van der Waals surface area contributed by atoms with Crippen molar-refractivity contribution in [1.82, 2.24) is 15.1 Å². The number of hydrogen-bond acceptors (Lipinski definition) is 3. The van der Waals surface area contributed by atoms with E-state index in [-0.39, 0.29) is 29.9 Å². The molecule has 24 heavy (non-hydrogen) atoms. The molecular weight excluding hydrogens is 357 g/mol. The van der Waals surface area contributed by atoms with Gasteiger partial charge in [-0.25, -0.2) is 4.79 Å². The first kappa shape index (κ1) is 18.4. The molecule has 0 aromatic heterocycles. The van der Waals surface area contributed by atoms with Gasteiger partial charge >= 0.3 is 12.0 Å². The van der Waals surface area contributed by atoms with Gasteiger partial charge in [-0.3, -0.25) is 9.59 Å². The number of amides is 3. The Morgan fingerprint density at radius 3 is 2.33 bits per heavy atom. The lowest BCUT2D eigenvalue weighted by atomic mass is 10.2. The zero-order chi connectivity index (χ0) is 17.7. The number of piperazine rings is 1. The average molecular weight is 374 g/mol. The van der Waals surface area contributed by atoms with Crippen molar-refractivity contribution < 1.29 is 19.5 Å². The van der Waals surface area contributed by atoms with Crippen molar-refractivity contribution >= 4 is 41.1 Å². The third-order valence-electron chi connectivity index (χ3n) is 3.65. The number of carboxylic acid groups (broad SMARTS) is 1. The summed E-state index contributed by atoms with van der Waals surface area (Å²) in [6.07, 6.45) is -0.128. The molecule has 0 bridgehead atoms. The summed E-state index contributed by atoms with van der Waals surface area (Å²) >= 11 is 12.0. The van der Waals surface area contributed by atoms with E-state index in [9.17, 15) is 14.4 Å². The number of benzene rings is 1. The minimum absolute atomic E-state index is 0.0748. The van der Waals surface area contributed by atoms with E-state index >= 15 is 0 Å². The number of halogens is 2. The molecule has 1 aliphatic heterocycles. The van der Waals surface area contributed by atoms with Crippen LogP contribution in [0.1, 0.15) is 16.8 Å². The lowest BCUT2D eigenvalue weighted by molar-refractivity contribution is -0.136. The summed E-state index contributed by atoms with van der Waals surface area (Å²) in [5, 5.41) is 11.6. The van der Waals surface area contributed by atoms with E-state index < -0.39 is 5.97 Å². The van der Waals surface area contributed by atoms with Gasteiger partial charge in [-0.1, -0.05) is 29.3 Å². The van der Waals surface area contributed by atoms with Gasteiger partial charge in [0.25, 0.3) is 5.91 Å². The molecule has 0 atom stereocenters. The Morgan fingerprint density at radius 1 is 1.08 bits per heavy atom. The number of carbonyl (C=O) groups is 3. The Hall–Kier alpha value is -1.99. The van der Waals surface area contributed by atoms with Gasteiger partial charge in [0, 0.05) is 32.7 Å². The molecule has 0 aliphatic carbocycles. The molecule has 0 radical (unpaired) electrons. The van der Waals surface area contributed by atoms with Gasteiger partial charge < -0.3 is 20.2 Å². The van der Waals surface area contributed by atoms with Crippen LogP contribution in [0.15, 0.2) is 18.2 Å². The molecule has 1 saturated heterocycles. The summed E-state index contributed by atoms with van der Waals surface area (Å²) in [5.74, 6) is -1.20. The van der Waals surface area contributed by atoms with E-state index in [0.29, 0.717) is 36.8 Å². The van der Waals surface area contributed by atoms with Gasteiger partial charge in [0.1, 0.15) is 0 Å². The quantitative estimate of drug-likeness (QED) is 0.843. The standard InChI is InChI=1S/C15H17Cl2N3O4/c16-11-3-1-2-10(13(11)17)14(23)19-6-8-20(9-7-19)15(24)18-5-4-12(21)22/h1-3H,4-9H2,(H,18,24)(H,21,22). The van der Waals surface area contributed by atoms with Gasteiger partial charge in [-0.05, 0) is 12.1 Å². The molecule has 0 spiro atoms. The summed E-state index contributed by atoms with van der Waals surface area (Å²) < 4.78 is 0. The van der Waals surface area contributed by atoms with Crippen LogP contribution in [-0.2, 0) is 4.79 Å². The average Bonchev–Trinajstić information content (AvgIpc) is 2.56. The minimum Gasteiger partial charge on any atom is -0.481 e. The van der Waals surface area contributed by atoms with Crippen molar-refractivity contribution in [2.24, 2.45) is 0 Å². The molecule has 1 aromatic carbocycles. The number of nitrogens with one attached hydrogen (secondary N) is 1. The molecule has 3 amide bonds. The maximum absolute atomic E-state index is 12.5. The van der Waals surface area contributed by atoms with Crippen molar-refractivity contribution in [1.29, 1.82) is 0 Å². The van der Waals surface area contributed by atoms with Crippen molar-refractivity contribution in [2.45, 2.75) is 6.42 Å². The molecule has 0 saturated carbocycles. The lowest BCUT2D eigenvalue weighted by Gasteiger charge is -2.34. The van der Waals surface area contributed by atoms with Gasteiger partial charge in [0.05, 0.1) is 22.0 Å². The van der Waals surface area contributed by atoms with Crippen LogP contribution in [0, 0.1) is 0 Å². The summed E-state index contributed by atoms with van der Waals surface area (Å²) in [6, 6.07) is 4.55. The number of aliphatic carboxylic acids is 1. The zero-order valence-electron chi connectivity index (χ0n) is 12.8. The molecule has 0 unspecified atom stereocenters. The highest BCUT2D eigenvalue weighted by atomic mass is 35.5. The summed E-state index contributed by atoms with van der Waals surface area (Å²) in [7, 11) is 0. The zero-order valence-corrected chi connectivity index (χ0v) is 14.3. The highest BCUT2D eigenvalue weighted by molar-refractivity contribution is 6.43. The molecule has 1 aliphatic rings. The molecule has 1 heterocycles. The Morgan fingerprint density at radius 2 is 1.71 bits per heavy atom. The smallest absolute Gasteiger partial charge is 0.317 e. The number of carbonyl (C=O) groups excluding carboxylic acids is 2. The Kier molecular flexibility index (Phi) is 6.28. The Labute approximate surface area is 149 Å². The molecule has 130 valence electrons. The number of nitrogens with zero attached hydrogens (tertiary/aromatic N) is 2. The van der Waals surface area contributed by atoms with Crippen LogP contribution < -0.4 is 5.32 Å². The third kappa shape index (κ3) is 4.52. The topological polar surface area (TPSA) is 89.9 Å². The van der Waals surface area contributed by atoms with E-state index in [1.807, 2.05) is 0 Å². The second-order valence-electron chi connectivity index (χ2n) is 5.26. The van der Waals surface area contributed by atoms with Crippen LogP contribution in [-0.4, -0.2) is 65.5 Å². The second kappa shape index (κ2) is 8.21. The predicted octanol–water partition coefficient (Wildman–Crippen LogP) is 1.94. The van der Waals surface area contributed by atoms with Crippen LogP contribution in [0.4, 0.5) is 4.79 Å². The van der Waals surface area contributed by atoms with Crippen LogP contribution in [0.25, 0.3) is 0 Å². The van der Waals surface area contributed by atoms with Crippen LogP contribution in [0.3, 0.4) is 0 Å². The van der Waals surface area contributed by atoms with Crippen LogP contribution in [0.2, 0.25) is 10.0 Å². The summed E-state index contributed by atoms with van der Waals surface area (Å²) in [4.78, 5) is 38.0. The van der Waals surface area contributed by atoms with E-state index in [1.165, 1.54) is 0 Å². The van der Waals surface area contributed by atoms with Crippen molar-refractivity contribution in [2.75, 3.05) is 32.7 Å². The van der Waals surface area contributed by atoms with Crippen molar-refractivity contribution in [3.8, 4) is 0 Å². The minimum atomic E-state index is -0.968. The van der Waals surface area contributed by atoms with Crippen molar-refractivity contribution in [3.05, 3.63) is 33.8 Å². The monoisotopic (exact) mass is 373 g/mol. The fourth-order valence-corrected chi connectivity index (χ4v) is 2.72. The van der Waals surface area contributed by atoms with Gasteiger partial charge in [0.15, 0.2) is 0 Å². The van der Waals surface area contributed by atoms with E-state index in [4.69, 9.17) is 28.3 Å². The number of rotatable bonds is 4. The highest BCUT2D eigenvalue weighted by Gasteiger charge is 2.26. The first-order valence-corrected chi connectivity index (χ1v) is 8.13. The fraction of sp³-hybridized carbons (Fsp3) is 0.400. The first-order chi connectivity index (χ1) is 11.4. The summed E-state index contributed by atoms with van der Waals surface area (Å²) in [6.45, 7) is 1.54. The van der Waals surface area contributed by atoms with E-state index in [1.54, 1.807) is 28.0 Å². The maximum Gasteiger partial charge on any atom is 0.317 e. The van der Waals surface area contributed by atoms with Crippen molar-refractivity contribution in [3.63, 3.8) is 0 Å². The second-order valence-corrected chi connectivity index (χ2v) is 6.04. The third-order valence-corrected chi connectivity index (χ3v) is 4.47. The first-order valence-electron chi connectivity index (χ1n) is 7.38. The Bertz CT molecular complexity index is 646. The molecule has 1 aromatic rings. The van der Waals surface area contributed by atoms with Gasteiger partial charge in [0.2, 0.25) is 0 Å². The normalized spacial score (nSPS) is 14.4. The number of carboxylic acids is 1. The maximum atomic E-state index is 12.5. The van der Waals surface area contributed by atoms with Gasteiger partial charge in [-0.2, -0.15) is 0 Å². The van der Waals surface area contributed by atoms with E-state index in [0.717, 1.165) is 0 Å². The number of urea groups is 1. The Balaban J connectivity index is 1.88. The molecule has 2 N–H and O–H groups in total. The van der Waals surface area contributed by atoms with E-state index in [2.05, 4.69) is 5.32 Å². The van der Waals surface area contributed by atoms with Crippen LogP contribution >= 0.6 is 23.2 Å². The summed E-state index contributed by atoms with van der Waals surface area (Å²) in [5.41, 5.74) is 0.337. The molecule has 9 heteroatoms. The highest BCUT2D eigenvalue weighted by Crippen LogP contribution is 2.26. The number of hydrogen-bond donors (Lipinski definition) is 2. The largest absolute Gasteiger partial charge is 0.481 e. The predicted molar refractivity (Wildman–Crippen MR) is 89.6 cm³/mol. The molecule has 1 fully saturated rings. The van der Waals surface area contributed by atoms with Gasteiger partial charge in [-0.15, -0.1) is 0 Å². The SMILES string of the molecule is O=C(O)CCNC(=O)N1CCN(C(=O)c2cccc(Cl)c2Cl)CC1.